The second-order valence-electron chi connectivity index (χ2n) is 8.88. The third kappa shape index (κ3) is 7.61. The van der Waals surface area contributed by atoms with Gasteiger partial charge >= 0.3 is 0 Å². The Labute approximate surface area is 219 Å². The smallest absolute Gasteiger partial charge is 0.244 e. The molecular weight excluding hydrogens is 494 g/mol. The fraction of sp³-hybridized carbons (Fsp3) is 0.481. The van der Waals surface area contributed by atoms with Crippen LogP contribution in [-0.2, 0) is 26.0 Å². The van der Waals surface area contributed by atoms with Crippen LogP contribution in [0.25, 0.3) is 0 Å². The van der Waals surface area contributed by atoms with Crippen molar-refractivity contribution in [1.29, 1.82) is 0 Å². The lowest BCUT2D eigenvalue weighted by molar-refractivity contribution is -0.138. The van der Waals surface area contributed by atoms with E-state index in [-0.39, 0.29) is 18.2 Å². The predicted octanol–water partition coefficient (Wildman–Crippen LogP) is 2.99. The highest BCUT2D eigenvalue weighted by Gasteiger charge is 2.31. The van der Waals surface area contributed by atoms with Crippen LogP contribution in [0.2, 0.25) is 0 Å². The number of carbonyl (C=O) groups excluding carboxylic acids is 2. The van der Waals surface area contributed by atoms with E-state index in [1.54, 1.807) is 25.1 Å². The lowest BCUT2D eigenvalue weighted by Gasteiger charge is -2.32. The van der Waals surface area contributed by atoms with Gasteiger partial charge < -0.3 is 19.7 Å². The molecule has 1 atom stereocenters. The van der Waals surface area contributed by atoms with Crippen LogP contribution in [0.5, 0.6) is 11.5 Å². The second kappa shape index (κ2) is 13.3. The van der Waals surface area contributed by atoms with Gasteiger partial charge in [0, 0.05) is 19.2 Å². The van der Waals surface area contributed by atoms with E-state index in [4.69, 9.17) is 9.47 Å². The van der Waals surface area contributed by atoms with E-state index in [0.717, 1.165) is 22.7 Å². The summed E-state index contributed by atoms with van der Waals surface area (Å²) < 4.78 is 38.4. The van der Waals surface area contributed by atoms with Gasteiger partial charge in [0.15, 0.2) is 11.5 Å². The molecule has 9 nitrogen and oxygen atoms in total. The number of ether oxygens (including phenoxy) is 2. The van der Waals surface area contributed by atoms with E-state index in [1.807, 2.05) is 37.3 Å². The van der Waals surface area contributed by atoms with Crippen molar-refractivity contribution in [3.05, 3.63) is 54.1 Å². The minimum absolute atomic E-state index is 0.189. The van der Waals surface area contributed by atoms with Gasteiger partial charge in [0.1, 0.15) is 25.8 Å². The van der Waals surface area contributed by atoms with Crippen LogP contribution in [0.15, 0.2) is 48.5 Å². The molecule has 37 heavy (non-hydrogen) atoms. The number of nitrogens with zero attached hydrogens (tertiary/aromatic N) is 2. The van der Waals surface area contributed by atoms with Crippen LogP contribution >= 0.6 is 0 Å². The molecule has 1 aliphatic rings. The number of anilines is 1. The van der Waals surface area contributed by atoms with Gasteiger partial charge in [-0.3, -0.25) is 13.9 Å². The zero-order valence-electron chi connectivity index (χ0n) is 21.8. The first-order chi connectivity index (χ1) is 17.8. The Hall–Kier alpha value is -3.27. The zero-order chi connectivity index (χ0) is 26.8. The molecule has 2 aromatic carbocycles. The van der Waals surface area contributed by atoms with Crippen LogP contribution in [0.4, 0.5) is 5.69 Å². The van der Waals surface area contributed by atoms with Crippen LogP contribution in [0.3, 0.4) is 0 Å². The minimum Gasteiger partial charge on any atom is -0.486 e. The highest BCUT2D eigenvalue weighted by atomic mass is 32.2. The molecule has 0 aromatic heterocycles. The third-order valence-electron chi connectivity index (χ3n) is 6.27. The van der Waals surface area contributed by atoms with E-state index in [2.05, 4.69) is 5.32 Å². The number of hydrogen-bond acceptors (Lipinski definition) is 6. The van der Waals surface area contributed by atoms with E-state index in [1.165, 1.54) is 11.8 Å². The standard InChI is InChI=1S/C27H37N3O6S/c1-4-6-15-28-27(32)21(3)29(16-14-22-10-8-7-9-11-22)26(31)20-30(37(33,34)5-2)23-12-13-24-25(19-23)36-18-17-35-24/h7-13,19,21H,4-6,14-18,20H2,1-3H3,(H,28,32)/t21-/m0/s1. The third-order valence-corrected chi connectivity index (χ3v) is 8.02. The molecule has 0 unspecified atom stereocenters. The van der Waals surface area contributed by atoms with Gasteiger partial charge in [-0.2, -0.15) is 0 Å². The Morgan fingerprint density at radius 3 is 2.41 bits per heavy atom. The fourth-order valence-corrected chi connectivity index (χ4v) is 5.07. The fourth-order valence-electron chi connectivity index (χ4n) is 4.01. The highest BCUT2D eigenvalue weighted by Crippen LogP contribution is 2.35. The van der Waals surface area contributed by atoms with E-state index in [9.17, 15) is 18.0 Å². The Morgan fingerprint density at radius 1 is 1.03 bits per heavy atom. The predicted molar refractivity (Wildman–Crippen MR) is 143 cm³/mol. The number of hydrogen-bond donors (Lipinski definition) is 1. The maximum Gasteiger partial charge on any atom is 0.244 e. The molecule has 0 bridgehead atoms. The average molecular weight is 532 g/mol. The number of fused-ring (bicyclic) bond motifs is 1. The average Bonchev–Trinajstić information content (AvgIpc) is 2.92. The lowest BCUT2D eigenvalue weighted by atomic mass is 10.1. The molecule has 0 spiro atoms. The molecule has 1 aliphatic heterocycles. The van der Waals surface area contributed by atoms with Crippen LogP contribution in [0, 0.1) is 0 Å². The Morgan fingerprint density at radius 2 is 1.73 bits per heavy atom. The van der Waals surface area contributed by atoms with Crippen LogP contribution in [0.1, 0.15) is 39.2 Å². The monoisotopic (exact) mass is 531 g/mol. The molecule has 1 heterocycles. The van der Waals surface area contributed by atoms with Crippen molar-refractivity contribution in [3.63, 3.8) is 0 Å². The van der Waals surface area contributed by atoms with Crippen molar-refractivity contribution in [3.8, 4) is 11.5 Å². The first-order valence-electron chi connectivity index (χ1n) is 12.8. The minimum atomic E-state index is -3.81. The van der Waals surface area contributed by atoms with Gasteiger partial charge in [0.05, 0.1) is 11.4 Å². The molecule has 0 saturated carbocycles. The molecule has 0 fully saturated rings. The molecular formula is C27H37N3O6S. The van der Waals surface area contributed by atoms with Crippen molar-refractivity contribution in [1.82, 2.24) is 10.2 Å². The summed E-state index contributed by atoms with van der Waals surface area (Å²) in [5, 5.41) is 2.88. The summed E-state index contributed by atoms with van der Waals surface area (Å²) in [5.41, 5.74) is 1.33. The van der Waals surface area contributed by atoms with Crippen molar-refractivity contribution < 1.29 is 27.5 Å². The molecule has 0 aliphatic carbocycles. The number of amides is 2. The first-order valence-corrected chi connectivity index (χ1v) is 14.4. The van der Waals surface area contributed by atoms with Crippen LogP contribution in [-0.4, -0.2) is 69.8 Å². The molecule has 2 aromatic rings. The second-order valence-corrected chi connectivity index (χ2v) is 11.1. The molecule has 0 radical (unpaired) electrons. The normalized spacial score (nSPS) is 13.5. The molecule has 1 N–H and O–H groups in total. The quantitative estimate of drug-likeness (QED) is 0.399. The lowest BCUT2D eigenvalue weighted by Crippen LogP contribution is -2.52. The number of nitrogens with one attached hydrogen (secondary N) is 1. The number of benzene rings is 2. The summed E-state index contributed by atoms with van der Waals surface area (Å²) in [6, 6.07) is 13.7. The number of sulfonamides is 1. The molecule has 0 saturated heterocycles. The summed E-state index contributed by atoms with van der Waals surface area (Å²) in [6.07, 6.45) is 2.30. The van der Waals surface area contributed by atoms with Gasteiger partial charge in [-0.1, -0.05) is 43.7 Å². The van der Waals surface area contributed by atoms with Crippen molar-refractivity contribution in [2.24, 2.45) is 0 Å². The van der Waals surface area contributed by atoms with Crippen LogP contribution < -0.4 is 19.1 Å². The topological polar surface area (TPSA) is 105 Å². The van der Waals surface area contributed by atoms with E-state index in [0.29, 0.717) is 43.4 Å². The Bertz CT molecular complexity index is 1160. The SMILES string of the molecule is CCCCNC(=O)[C@H](C)N(CCc1ccccc1)C(=O)CN(c1ccc2c(c1)OCCO2)S(=O)(=O)CC. The largest absolute Gasteiger partial charge is 0.486 e. The van der Waals surface area contributed by atoms with E-state index < -0.39 is 28.5 Å². The van der Waals surface area contributed by atoms with Crippen molar-refractivity contribution >= 4 is 27.5 Å². The summed E-state index contributed by atoms with van der Waals surface area (Å²) in [4.78, 5) is 28.0. The maximum absolute atomic E-state index is 13.7. The summed E-state index contributed by atoms with van der Waals surface area (Å²) in [6.45, 7) is 6.36. The number of carbonyl (C=O) groups is 2. The van der Waals surface area contributed by atoms with E-state index >= 15 is 0 Å². The van der Waals surface area contributed by atoms with Gasteiger partial charge in [-0.05, 0) is 44.4 Å². The van der Waals surface area contributed by atoms with Gasteiger partial charge in [-0.25, -0.2) is 8.42 Å². The Kier molecular flexibility index (Phi) is 10.2. The maximum atomic E-state index is 13.7. The Balaban J connectivity index is 1.86. The van der Waals surface area contributed by atoms with Gasteiger partial charge in [0.25, 0.3) is 0 Å². The molecule has 3 rings (SSSR count). The molecule has 2 amide bonds. The van der Waals surface area contributed by atoms with Gasteiger partial charge in [-0.15, -0.1) is 0 Å². The highest BCUT2D eigenvalue weighted by molar-refractivity contribution is 7.92. The number of unbranched alkanes of at least 4 members (excludes halogenated alkanes) is 1. The summed E-state index contributed by atoms with van der Waals surface area (Å²) in [5.74, 6) is 0.0421. The molecule has 202 valence electrons. The van der Waals surface area contributed by atoms with Crippen molar-refractivity contribution in [2.75, 3.05) is 42.9 Å². The molecule has 10 heteroatoms. The summed E-state index contributed by atoms with van der Waals surface area (Å²) >= 11 is 0. The van der Waals surface area contributed by atoms with Gasteiger partial charge in [0.2, 0.25) is 21.8 Å². The first kappa shape index (κ1) is 28.3. The van der Waals surface area contributed by atoms with Crippen molar-refractivity contribution in [2.45, 2.75) is 46.1 Å². The number of rotatable bonds is 13. The summed E-state index contributed by atoms with van der Waals surface area (Å²) in [7, 11) is -3.81. The zero-order valence-corrected chi connectivity index (χ0v) is 22.6.